The van der Waals surface area contributed by atoms with Gasteiger partial charge in [-0.25, -0.2) is 4.98 Å². The Hall–Kier alpha value is -1.82. The van der Waals surface area contributed by atoms with Crippen LogP contribution < -0.4 is 11.1 Å². The van der Waals surface area contributed by atoms with Crippen LogP contribution >= 0.6 is 11.3 Å². The van der Waals surface area contributed by atoms with Crippen LogP contribution in [-0.4, -0.2) is 15.5 Å². The lowest BCUT2D eigenvalue weighted by molar-refractivity contribution is 0.101. The lowest BCUT2D eigenvalue weighted by atomic mass is 10.4. The highest BCUT2D eigenvalue weighted by Gasteiger charge is 2.28. The molecule has 1 amide bonds. The number of nitrogens with two attached hydrogens (primary N) is 1. The minimum absolute atomic E-state index is 0.141. The molecular weight excluding hydrogens is 260 g/mol. The molecule has 5 nitrogen and oxygen atoms in total. The summed E-state index contributed by atoms with van der Waals surface area (Å²) in [6.07, 6.45) is 4.07. The number of hydrogen-bond donors (Lipinski definition) is 2. The van der Waals surface area contributed by atoms with Gasteiger partial charge in [0.2, 0.25) is 0 Å². The monoisotopic (exact) mass is 276 g/mol. The van der Waals surface area contributed by atoms with E-state index in [-0.39, 0.29) is 5.91 Å². The summed E-state index contributed by atoms with van der Waals surface area (Å²) in [7, 11) is 0. The summed E-state index contributed by atoms with van der Waals surface area (Å²) in [4.78, 5) is 17.7. The predicted octanol–water partition coefficient (Wildman–Crippen LogP) is 2.73. The van der Waals surface area contributed by atoms with Gasteiger partial charge in [0.15, 0.2) is 5.13 Å². The molecule has 3 N–H and O–H groups in total. The lowest BCUT2D eigenvalue weighted by Gasteiger charge is -2.06. The second-order valence-electron chi connectivity index (χ2n) is 4.91. The molecule has 0 saturated heterocycles. The van der Waals surface area contributed by atoms with Crippen molar-refractivity contribution in [1.29, 1.82) is 0 Å². The smallest absolute Gasteiger partial charge is 0.274 e. The van der Waals surface area contributed by atoms with Gasteiger partial charge in [-0.15, -0.1) is 11.3 Å². The predicted molar refractivity (Wildman–Crippen MR) is 76.7 cm³/mol. The molecule has 1 fully saturated rings. The number of rotatable bonds is 3. The molecule has 1 saturated carbocycles. The molecule has 100 valence electrons. The normalized spacial score (nSPS) is 14.6. The Labute approximate surface area is 115 Å². The summed E-state index contributed by atoms with van der Waals surface area (Å²) in [5, 5.41) is 3.49. The van der Waals surface area contributed by atoms with E-state index in [9.17, 15) is 4.79 Å². The van der Waals surface area contributed by atoms with Crippen LogP contribution in [0.3, 0.4) is 0 Å². The van der Waals surface area contributed by atoms with E-state index in [0.717, 1.165) is 23.4 Å². The molecule has 0 atom stereocenters. The summed E-state index contributed by atoms with van der Waals surface area (Å²) in [5.41, 5.74) is 7.99. The molecule has 0 aliphatic heterocycles. The van der Waals surface area contributed by atoms with Crippen LogP contribution in [0.15, 0.2) is 12.3 Å². The molecule has 2 aromatic rings. The minimum atomic E-state index is -0.141. The van der Waals surface area contributed by atoms with E-state index in [0.29, 0.717) is 22.6 Å². The Balaban J connectivity index is 1.83. The second kappa shape index (κ2) is 4.38. The molecule has 2 aromatic heterocycles. The molecule has 1 aliphatic rings. The van der Waals surface area contributed by atoms with Crippen LogP contribution in [0.25, 0.3) is 0 Å². The number of anilines is 2. The largest absolute Gasteiger partial charge is 0.397 e. The van der Waals surface area contributed by atoms with E-state index < -0.39 is 0 Å². The zero-order valence-corrected chi connectivity index (χ0v) is 11.8. The Morgan fingerprint density at radius 3 is 2.84 bits per heavy atom. The Morgan fingerprint density at radius 1 is 1.53 bits per heavy atom. The molecule has 3 rings (SSSR count). The van der Waals surface area contributed by atoms with Gasteiger partial charge in [-0.2, -0.15) is 0 Å². The number of nitrogen functional groups attached to an aromatic ring is 1. The standard InChI is InChI=1S/C13H16N4OS/c1-7-8(2)19-13(15-7)16-12(18)11-5-9(14)6-17(11)10-3-4-10/h5-6,10H,3-4,14H2,1-2H3,(H,15,16,18). The van der Waals surface area contributed by atoms with Gasteiger partial charge in [-0.05, 0) is 32.8 Å². The first-order chi connectivity index (χ1) is 9.04. The number of aryl methyl sites for hydroxylation is 2. The second-order valence-corrected chi connectivity index (χ2v) is 6.12. The molecule has 1 aliphatic carbocycles. The van der Waals surface area contributed by atoms with E-state index in [1.165, 1.54) is 11.3 Å². The van der Waals surface area contributed by atoms with Crippen LogP contribution in [0.1, 0.15) is 39.9 Å². The van der Waals surface area contributed by atoms with Gasteiger partial charge in [-0.3, -0.25) is 10.1 Å². The third-order valence-corrected chi connectivity index (χ3v) is 4.28. The van der Waals surface area contributed by atoms with Crippen molar-refractivity contribution in [3.05, 3.63) is 28.5 Å². The van der Waals surface area contributed by atoms with E-state index in [4.69, 9.17) is 5.73 Å². The molecule has 0 unspecified atom stereocenters. The molecular formula is C13H16N4OS. The first-order valence-electron chi connectivity index (χ1n) is 6.27. The third-order valence-electron chi connectivity index (χ3n) is 3.29. The number of hydrogen-bond acceptors (Lipinski definition) is 4. The number of carbonyl (C=O) groups excluding carboxylic acids is 1. The first kappa shape index (κ1) is 12.2. The van der Waals surface area contributed by atoms with Crippen molar-refractivity contribution in [3.8, 4) is 0 Å². The van der Waals surface area contributed by atoms with Crippen LogP contribution in [0.5, 0.6) is 0 Å². The molecule has 6 heteroatoms. The molecule has 19 heavy (non-hydrogen) atoms. The van der Waals surface area contributed by atoms with Crippen LogP contribution in [0.2, 0.25) is 0 Å². The van der Waals surface area contributed by atoms with E-state index in [1.54, 1.807) is 6.07 Å². The van der Waals surface area contributed by atoms with Crippen molar-refractivity contribution in [1.82, 2.24) is 9.55 Å². The zero-order chi connectivity index (χ0) is 13.6. The summed E-state index contributed by atoms with van der Waals surface area (Å²) in [6.45, 7) is 3.93. The quantitative estimate of drug-likeness (QED) is 0.905. The number of amides is 1. The average molecular weight is 276 g/mol. The Morgan fingerprint density at radius 2 is 2.26 bits per heavy atom. The van der Waals surface area contributed by atoms with E-state index in [1.807, 2.05) is 24.6 Å². The van der Waals surface area contributed by atoms with Crippen molar-refractivity contribution in [2.45, 2.75) is 32.7 Å². The molecule has 2 heterocycles. The summed E-state index contributed by atoms with van der Waals surface area (Å²) >= 11 is 1.49. The highest BCUT2D eigenvalue weighted by atomic mass is 32.1. The Kier molecular flexibility index (Phi) is 2.82. The maximum absolute atomic E-state index is 12.3. The average Bonchev–Trinajstić information content (AvgIpc) is 3.04. The SMILES string of the molecule is Cc1nc(NC(=O)c2cc(N)cn2C2CC2)sc1C. The maximum Gasteiger partial charge on any atom is 0.274 e. The minimum Gasteiger partial charge on any atom is -0.397 e. The van der Waals surface area contributed by atoms with Crippen LogP contribution in [0.4, 0.5) is 10.8 Å². The fraction of sp³-hybridized carbons (Fsp3) is 0.385. The van der Waals surface area contributed by atoms with Gasteiger partial charge >= 0.3 is 0 Å². The number of thiazole rings is 1. The zero-order valence-electron chi connectivity index (χ0n) is 10.9. The molecule has 0 spiro atoms. The molecule has 0 aromatic carbocycles. The maximum atomic E-state index is 12.3. The summed E-state index contributed by atoms with van der Waals surface area (Å²) < 4.78 is 1.97. The van der Waals surface area contributed by atoms with Gasteiger partial charge in [0.05, 0.1) is 11.4 Å². The number of aromatic nitrogens is 2. The fourth-order valence-electron chi connectivity index (χ4n) is 2.02. The topological polar surface area (TPSA) is 72.9 Å². The Bertz CT molecular complexity index is 620. The first-order valence-corrected chi connectivity index (χ1v) is 7.09. The number of nitrogens with one attached hydrogen (secondary N) is 1. The summed E-state index contributed by atoms with van der Waals surface area (Å²) in [5.74, 6) is -0.141. The van der Waals surface area contributed by atoms with E-state index in [2.05, 4.69) is 10.3 Å². The molecule has 0 bridgehead atoms. The number of carbonyl (C=O) groups is 1. The molecule has 0 radical (unpaired) electrons. The van der Waals surface area contributed by atoms with Gasteiger partial charge in [0.25, 0.3) is 5.91 Å². The van der Waals surface area contributed by atoms with Gasteiger partial charge in [-0.1, -0.05) is 0 Å². The van der Waals surface area contributed by atoms with Gasteiger partial charge in [0.1, 0.15) is 5.69 Å². The highest BCUT2D eigenvalue weighted by molar-refractivity contribution is 7.15. The van der Waals surface area contributed by atoms with Gasteiger partial charge < -0.3 is 10.3 Å². The third kappa shape index (κ3) is 2.35. The van der Waals surface area contributed by atoms with Crippen LogP contribution in [0, 0.1) is 13.8 Å². The fourth-order valence-corrected chi connectivity index (χ4v) is 2.83. The van der Waals surface area contributed by atoms with Crippen molar-refractivity contribution in [2.24, 2.45) is 0 Å². The summed E-state index contributed by atoms with van der Waals surface area (Å²) in [6, 6.07) is 2.15. The van der Waals surface area contributed by atoms with E-state index >= 15 is 0 Å². The van der Waals surface area contributed by atoms with Crippen molar-refractivity contribution in [3.63, 3.8) is 0 Å². The lowest BCUT2D eigenvalue weighted by Crippen LogP contribution is -2.16. The van der Waals surface area contributed by atoms with Gasteiger partial charge in [0, 0.05) is 17.1 Å². The van der Waals surface area contributed by atoms with Crippen molar-refractivity contribution in [2.75, 3.05) is 11.1 Å². The van der Waals surface area contributed by atoms with Crippen molar-refractivity contribution >= 4 is 28.1 Å². The van der Waals surface area contributed by atoms with Crippen LogP contribution in [-0.2, 0) is 0 Å². The van der Waals surface area contributed by atoms with Crippen molar-refractivity contribution < 1.29 is 4.79 Å². The number of nitrogens with zero attached hydrogens (tertiary/aromatic N) is 2. The highest BCUT2D eigenvalue weighted by Crippen LogP contribution is 2.37.